The topological polar surface area (TPSA) is 103 Å². The van der Waals surface area contributed by atoms with Crippen LogP contribution in [-0.4, -0.2) is 51.4 Å². The van der Waals surface area contributed by atoms with Gasteiger partial charge < -0.3 is 29.6 Å². The van der Waals surface area contributed by atoms with Crippen molar-refractivity contribution in [3.8, 4) is 0 Å². The Kier molecular flexibility index (Phi) is 5.56. The summed E-state index contributed by atoms with van der Waals surface area (Å²) in [6.07, 6.45) is -4.30. The Labute approximate surface area is 146 Å². The zero-order valence-electron chi connectivity index (χ0n) is 14.1. The molecule has 2 aromatic rings. The molecule has 0 saturated carbocycles. The molecule has 0 spiro atoms. The van der Waals surface area contributed by atoms with Gasteiger partial charge in [-0.3, -0.25) is 0 Å². The molecule has 1 aromatic carbocycles. The third kappa shape index (κ3) is 3.78. The first-order valence-corrected chi connectivity index (χ1v) is 8.50. The van der Waals surface area contributed by atoms with Crippen molar-refractivity contribution in [1.29, 1.82) is 0 Å². The van der Waals surface area contributed by atoms with E-state index >= 15 is 0 Å². The van der Waals surface area contributed by atoms with E-state index < -0.39 is 37.1 Å². The molecule has 6 nitrogen and oxygen atoms in total. The highest BCUT2D eigenvalue weighted by molar-refractivity contribution is 5.29. The summed E-state index contributed by atoms with van der Waals surface area (Å²) < 4.78 is 11.3. The molecule has 1 aromatic heterocycles. The van der Waals surface area contributed by atoms with Crippen LogP contribution in [0, 0.1) is 0 Å². The van der Waals surface area contributed by atoms with E-state index in [-0.39, 0.29) is 0 Å². The van der Waals surface area contributed by atoms with E-state index in [0.29, 0.717) is 12.0 Å². The molecule has 0 amide bonds. The number of aryl methyl sites for hydroxylation is 1. The second kappa shape index (κ2) is 7.68. The van der Waals surface area contributed by atoms with Gasteiger partial charge in [0.1, 0.15) is 42.0 Å². The van der Waals surface area contributed by atoms with Gasteiger partial charge in [0, 0.05) is 12.8 Å². The minimum atomic E-state index is -1.38. The summed E-state index contributed by atoms with van der Waals surface area (Å²) >= 11 is 0. The largest absolute Gasteiger partial charge is 0.466 e. The summed E-state index contributed by atoms with van der Waals surface area (Å²) in [6.45, 7) is 1.59. The molecule has 4 N–H and O–H groups in total. The van der Waals surface area contributed by atoms with Crippen molar-refractivity contribution in [2.75, 3.05) is 6.61 Å². The summed E-state index contributed by atoms with van der Waals surface area (Å²) in [6, 6.07) is 11.4. The molecule has 0 unspecified atom stereocenters. The van der Waals surface area contributed by atoms with Crippen molar-refractivity contribution >= 4 is 0 Å². The Morgan fingerprint density at radius 1 is 0.960 bits per heavy atom. The number of furan rings is 1. The maximum Gasteiger partial charge on any atom is 0.113 e. The SMILES string of the molecule is CCc1ccc(Cc2cccc([C@@H]3O[C@H](CO)[C@@H](O)[C@H](O)[C@H]3O)c2)o1. The predicted molar refractivity (Wildman–Crippen MR) is 90.1 cm³/mol. The van der Waals surface area contributed by atoms with E-state index in [1.165, 1.54) is 0 Å². The quantitative estimate of drug-likeness (QED) is 0.641. The summed E-state index contributed by atoms with van der Waals surface area (Å²) in [5.74, 6) is 1.78. The fourth-order valence-electron chi connectivity index (χ4n) is 3.17. The number of ether oxygens (including phenoxy) is 1. The zero-order valence-corrected chi connectivity index (χ0v) is 14.1. The molecule has 0 aliphatic carbocycles. The second-order valence-corrected chi connectivity index (χ2v) is 6.39. The van der Waals surface area contributed by atoms with Gasteiger partial charge in [0.05, 0.1) is 6.61 Å². The van der Waals surface area contributed by atoms with Crippen LogP contribution >= 0.6 is 0 Å². The van der Waals surface area contributed by atoms with Gasteiger partial charge in [-0.25, -0.2) is 0 Å². The fraction of sp³-hybridized carbons (Fsp3) is 0.474. The number of rotatable bonds is 5. The molecule has 2 heterocycles. The minimum Gasteiger partial charge on any atom is -0.466 e. The van der Waals surface area contributed by atoms with E-state index in [1.807, 2.05) is 37.3 Å². The Hall–Kier alpha value is -1.70. The van der Waals surface area contributed by atoms with E-state index in [2.05, 4.69) is 0 Å². The first-order valence-electron chi connectivity index (χ1n) is 8.50. The van der Waals surface area contributed by atoms with Gasteiger partial charge in [-0.2, -0.15) is 0 Å². The lowest BCUT2D eigenvalue weighted by atomic mass is 9.90. The third-order valence-corrected chi connectivity index (χ3v) is 4.62. The van der Waals surface area contributed by atoms with E-state index in [4.69, 9.17) is 9.15 Å². The van der Waals surface area contributed by atoms with Crippen molar-refractivity contribution in [2.45, 2.75) is 50.3 Å². The molecule has 1 aliphatic heterocycles. The monoisotopic (exact) mass is 348 g/mol. The van der Waals surface area contributed by atoms with Gasteiger partial charge >= 0.3 is 0 Å². The maximum atomic E-state index is 10.3. The van der Waals surface area contributed by atoms with Crippen LogP contribution in [0.4, 0.5) is 0 Å². The number of hydrogen-bond acceptors (Lipinski definition) is 6. The van der Waals surface area contributed by atoms with E-state index in [0.717, 1.165) is 23.5 Å². The number of aliphatic hydroxyl groups is 4. The van der Waals surface area contributed by atoms with Crippen LogP contribution < -0.4 is 0 Å². The Morgan fingerprint density at radius 2 is 1.72 bits per heavy atom. The average Bonchev–Trinajstić information content (AvgIpc) is 3.08. The van der Waals surface area contributed by atoms with Gasteiger partial charge in [-0.1, -0.05) is 31.2 Å². The molecular formula is C19H24O6. The molecule has 3 rings (SSSR count). The van der Waals surface area contributed by atoms with Gasteiger partial charge in [0.25, 0.3) is 0 Å². The number of hydrogen-bond donors (Lipinski definition) is 4. The van der Waals surface area contributed by atoms with Crippen LogP contribution in [0.1, 0.15) is 35.7 Å². The number of aliphatic hydroxyl groups excluding tert-OH is 4. The smallest absolute Gasteiger partial charge is 0.113 e. The summed E-state index contributed by atoms with van der Waals surface area (Å²) in [5.41, 5.74) is 1.66. The first-order chi connectivity index (χ1) is 12.0. The molecule has 25 heavy (non-hydrogen) atoms. The standard InChI is InChI=1S/C19H24O6/c1-2-13-6-7-14(24-13)9-11-4-3-5-12(8-11)19-18(23)17(22)16(21)15(10-20)25-19/h3-8,15-23H,2,9-10H2,1H3/t15-,16-,17+,18-,19+/m1/s1. The molecule has 0 radical (unpaired) electrons. The van der Waals surface area contributed by atoms with Crippen molar-refractivity contribution in [2.24, 2.45) is 0 Å². The molecule has 5 atom stereocenters. The molecular weight excluding hydrogens is 324 g/mol. The third-order valence-electron chi connectivity index (χ3n) is 4.62. The van der Waals surface area contributed by atoms with Gasteiger partial charge in [-0.05, 0) is 23.3 Å². The van der Waals surface area contributed by atoms with Crippen LogP contribution in [0.15, 0.2) is 40.8 Å². The highest BCUT2D eigenvalue weighted by atomic mass is 16.5. The predicted octanol–water partition coefficient (Wildman–Crippen LogP) is 0.948. The summed E-state index contributed by atoms with van der Waals surface area (Å²) in [4.78, 5) is 0. The lowest BCUT2D eigenvalue weighted by Gasteiger charge is -2.40. The van der Waals surface area contributed by atoms with Crippen LogP contribution in [-0.2, 0) is 17.6 Å². The molecule has 1 fully saturated rings. The minimum absolute atomic E-state index is 0.437. The van der Waals surface area contributed by atoms with Crippen LogP contribution in [0.25, 0.3) is 0 Å². The highest BCUT2D eigenvalue weighted by Gasteiger charge is 2.43. The van der Waals surface area contributed by atoms with Crippen molar-refractivity contribution in [3.05, 3.63) is 59.0 Å². The molecule has 136 valence electrons. The fourth-order valence-corrected chi connectivity index (χ4v) is 3.17. The summed E-state index contributed by atoms with van der Waals surface area (Å²) in [5, 5.41) is 39.4. The van der Waals surface area contributed by atoms with Crippen molar-refractivity contribution in [3.63, 3.8) is 0 Å². The number of benzene rings is 1. The van der Waals surface area contributed by atoms with Crippen LogP contribution in [0.5, 0.6) is 0 Å². The van der Waals surface area contributed by atoms with E-state index in [9.17, 15) is 20.4 Å². The van der Waals surface area contributed by atoms with Crippen molar-refractivity contribution in [1.82, 2.24) is 0 Å². The Morgan fingerprint density at radius 3 is 2.40 bits per heavy atom. The summed E-state index contributed by atoms with van der Waals surface area (Å²) in [7, 11) is 0. The second-order valence-electron chi connectivity index (χ2n) is 6.39. The van der Waals surface area contributed by atoms with Crippen LogP contribution in [0.2, 0.25) is 0 Å². The van der Waals surface area contributed by atoms with Gasteiger partial charge in [0.15, 0.2) is 0 Å². The van der Waals surface area contributed by atoms with Crippen molar-refractivity contribution < 1.29 is 29.6 Å². The Bertz CT molecular complexity index is 695. The average molecular weight is 348 g/mol. The van der Waals surface area contributed by atoms with Crippen LogP contribution in [0.3, 0.4) is 0 Å². The highest BCUT2D eigenvalue weighted by Crippen LogP contribution is 2.33. The molecule has 1 saturated heterocycles. The normalized spacial score (nSPS) is 29.7. The Balaban J connectivity index is 1.80. The zero-order chi connectivity index (χ0) is 18.0. The van der Waals surface area contributed by atoms with Gasteiger partial charge in [-0.15, -0.1) is 0 Å². The molecule has 1 aliphatic rings. The lowest BCUT2D eigenvalue weighted by molar-refractivity contribution is -0.231. The molecule has 6 heteroatoms. The van der Waals surface area contributed by atoms with E-state index in [1.54, 1.807) is 6.07 Å². The lowest BCUT2D eigenvalue weighted by Crippen LogP contribution is -2.55. The first kappa shape index (κ1) is 18.1. The van der Waals surface area contributed by atoms with Gasteiger partial charge in [0.2, 0.25) is 0 Å². The maximum absolute atomic E-state index is 10.3. The molecule has 0 bridgehead atoms.